The summed E-state index contributed by atoms with van der Waals surface area (Å²) >= 11 is 2.08. The molecule has 1 N–H and O–H groups in total. The van der Waals surface area contributed by atoms with Crippen LogP contribution in [0.2, 0.25) is 0 Å². The maximum absolute atomic E-state index is 3.48. The molecule has 0 spiro atoms. The third kappa shape index (κ3) is 2.99. The number of thioether (sulfide) groups is 1. The monoisotopic (exact) mass is 276 g/mol. The number of nitrogens with zero attached hydrogens (tertiary/aromatic N) is 1. The molecule has 1 aromatic rings. The lowest BCUT2D eigenvalue weighted by Gasteiger charge is -2.40. The van der Waals surface area contributed by atoms with Crippen LogP contribution in [0, 0.1) is 0 Å². The first kappa shape index (κ1) is 13.5. The van der Waals surface area contributed by atoms with Crippen LogP contribution in [0.1, 0.15) is 25.3 Å². The number of hydrogen-bond donors (Lipinski definition) is 1. The molecule has 1 atom stereocenters. The molecule has 0 saturated carbocycles. The highest BCUT2D eigenvalue weighted by molar-refractivity contribution is 8.00. The Hall–Kier alpha value is -0.510. The molecule has 1 unspecified atom stereocenters. The first-order chi connectivity index (χ1) is 9.18. The number of piperidine rings is 1. The summed E-state index contributed by atoms with van der Waals surface area (Å²) in [6, 6.07) is 8.89. The lowest BCUT2D eigenvalue weighted by molar-refractivity contribution is 0.153. The number of benzene rings is 1. The van der Waals surface area contributed by atoms with E-state index in [9.17, 15) is 0 Å². The van der Waals surface area contributed by atoms with E-state index in [4.69, 9.17) is 0 Å². The average molecular weight is 276 g/mol. The van der Waals surface area contributed by atoms with Gasteiger partial charge in [0.1, 0.15) is 0 Å². The Morgan fingerprint density at radius 3 is 2.74 bits per heavy atom. The molecular formula is C16H24N2S. The van der Waals surface area contributed by atoms with Gasteiger partial charge in [-0.25, -0.2) is 0 Å². The van der Waals surface area contributed by atoms with Crippen molar-refractivity contribution in [1.29, 1.82) is 0 Å². The molecule has 2 aliphatic rings. The first-order valence-corrected chi connectivity index (χ1v) is 8.22. The Morgan fingerprint density at radius 2 is 2.05 bits per heavy atom. The second-order valence-electron chi connectivity index (χ2n) is 6.16. The zero-order valence-corrected chi connectivity index (χ0v) is 12.8. The van der Waals surface area contributed by atoms with E-state index >= 15 is 0 Å². The van der Waals surface area contributed by atoms with Gasteiger partial charge < -0.3 is 10.2 Å². The molecule has 2 nitrogen and oxygen atoms in total. The summed E-state index contributed by atoms with van der Waals surface area (Å²) in [5, 5.41) is 4.24. The topological polar surface area (TPSA) is 15.3 Å². The van der Waals surface area contributed by atoms with E-state index in [0.29, 0.717) is 5.54 Å². The van der Waals surface area contributed by atoms with Crippen molar-refractivity contribution in [3.8, 4) is 0 Å². The Kier molecular flexibility index (Phi) is 3.88. The highest BCUT2D eigenvalue weighted by Crippen LogP contribution is 2.37. The average Bonchev–Trinajstić information content (AvgIpc) is 2.84. The van der Waals surface area contributed by atoms with Gasteiger partial charge in [0.15, 0.2) is 0 Å². The standard InChI is InChI=1S/C16H24N2S/c1-16(17-2)7-9-18(10-8-16)12-14-11-13-5-3-4-6-15(13)19-14/h3-6,14,17H,7-12H2,1-2H3. The van der Waals surface area contributed by atoms with Crippen LogP contribution < -0.4 is 5.32 Å². The molecule has 0 bridgehead atoms. The molecule has 2 heterocycles. The van der Waals surface area contributed by atoms with Crippen LogP contribution in [0.3, 0.4) is 0 Å². The van der Waals surface area contributed by atoms with Crippen LogP contribution in [-0.2, 0) is 6.42 Å². The Morgan fingerprint density at radius 1 is 1.32 bits per heavy atom. The van der Waals surface area contributed by atoms with Gasteiger partial charge in [0.05, 0.1) is 0 Å². The summed E-state index contributed by atoms with van der Waals surface area (Å²) in [5.74, 6) is 0. The predicted molar refractivity (Wildman–Crippen MR) is 82.9 cm³/mol. The second kappa shape index (κ2) is 5.47. The smallest absolute Gasteiger partial charge is 0.0263 e. The molecule has 0 amide bonds. The number of rotatable bonds is 3. The third-order valence-corrected chi connectivity index (χ3v) is 6.04. The van der Waals surface area contributed by atoms with Crippen molar-refractivity contribution in [3.63, 3.8) is 0 Å². The van der Waals surface area contributed by atoms with Crippen LogP contribution in [0.5, 0.6) is 0 Å². The van der Waals surface area contributed by atoms with Gasteiger partial charge in [0, 0.05) is 22.2 Å². The van der Waals surface area contributed by atoms with Crippen molar-refractivity contribution >= 4 is 11.8 Å². The summed E-state index contributed by atoms with van der Waals surface area (Å²) in [5.41, 5.74) is 1.91. The van der Waals surface area contributed by atoms with Crippen molar-refractivity contribution in [1.82, 2.24) is 10.2 Å². The van der Waals surface area contributed by atoms with E-state index in [1.807, 2.05) is 0 Å². The van der Waals surface area contributed by atoms with E-state index in [2.05, 4.69) is 60.2 Å². The molecule has 2 aliphatic heterocycles. The van der Waals surface area contributed by atoms with Crippen molar-refractivity contribution in [3.05, 3.63) is 29.8 Å². The highest BCUT2D eigenvalue weighted by Gasteiger charge is 2.30. The van der Waals surface area contributed by atoms with Crippen LogP contribution in [0.15, 0.2) is 29.2 Å². The number of likely N-dealkylation sites (tertiary alicyclic amines) is 1. The molecule has 0 aromatic heterocycles. The molecule has 104 valence electrons. The van der Waals surface area contributed by atoms with Gasteiger partial charge in [0.2, 0.25) is 0 Å². The summed E-state index contributed by atoms with van der Waals surface area (Å²) in [6.45, 7) is 6.08. The van der Waals surface area contributed by atoms with Gasteiger partial charge in [-0.15, -0.1) is 11.8 Å². The Bertz CT molecular complexity index is 413. The summed E-state index contributed by atoms with van der Waals surface area (Å²) < 4.78 is 0. The normalized spacial score (nSPS) is 26.3. The molecule has 1 saturated heterocycles. The molecule has 0 radical (unpaired) electrons. The first-order valence-electron chi connectivity index (χ1n) is 7.34. The SMILES string of the molecule is CNC1(C)CCN(CC2Cc3ccccc3S2)CC1. The van der Waals surface area contributed by atoms with E-state index in [-0.39, 0.29) is 0 Å². The van der Waals surface area contributed by atoms with E-state index in [1.54, 1.807) is 5.56 Å². The Balaban J connectivity index is 1.52. The minimum absolute atomic E-state index is 0.363. The van der Waals surface area contributed by atoms with Crippen LogP contribution in [0.4, 0.5) is 0 Å². The van der Waals surface area contributed by atoms with E-state index in [0.717, 1.165) is 5.25 Å². The van der Waals surface area contributed by atoms with Crippen molar-refractivity contribution < 1.29 is 0 Å². The summed E-state index contributed by atoms with van der Waals surface area (Å²) in [4.78, 5) is 4.16. The fourth-order valence-corrected chi connectivity index (χ4v) is 4.49. The molecule has 3 heteroatoms. The van der Waals surface area contributed by atoms with Crippen LogP contribution >= 0.6 is 11.8 Å². The van der Waals surface area contributed by atoms with Gasteiger partial charge in [-0.2, -0.15) is 0 Å². The second-order valence-corrected chi connectivity index (χ2v) is 7.51. The summed E-state index contributed by atoms with van der Waals surface area (Å²) in [6.07, 6.45) is 3.79. The maximum Gasteiger partial charge on any atom is 0.0263 e. The van der Waals surface area contributed by atoms with Crippen molar-refractivity contribution in [2.75, 3.05) is 26.7 Å². The lowest BCUT2D eigenvalue weighted by atomic mass is 9.90. The van der Waals surface area contributed by atoms with Gasteiger partial charge in [-0.1, -0.05) is 18.2 Å². The van der Waals surface area contributed by atoms with E-state index in [1.165, 1.54) is 43.8 Å². The number of hydrogen-bond acceptors (Lipinski definition) is 3. The quantitative estimate of drug-likeness (QED) is 0.914. The molecule has 3 rings (SSSR count). The molecule has 19 heavy (non-hydrogen) atoms. The third-order valence-electron chi connectivity index (χ3n) is 4.74. The highest BCUT2D eigenvalue weighted by atomic mass is 32.2. The van der Waals surface area contributed by atoms with Gasteiger partial charge in [-0.05, 0) is 58.0 Å². The molecule has 0 aliphatic carbocycles. The van der Waals surface area contributed by atoms with Crippen LogP contribution in [0.25, 0.3) is 0 Å². The lowest BCUT2D eigenvalue weighted by Crippen LogP contribution is -2.50. The Labute approximate surface area is 121 Å². The van der Waals surface area contributed by atoms with Gasteiger partial charge in [-0.3, -0.25) is 0 Å². The fourth-order valence-electron chi connectivity index (χ4n) is 3.12. The fraction of sp³-hybridized carbons (Fsp3) is 0.625. The number of nitrogens with one attached hydrogen (secondary N) is 1. The zero-order valence-electron chi connectivity index (χ0n) is 12.0. The largest absolute Gasteiger partial charge is 0.314 e. The van der Waals surface area contributed by atoms with Crippen molar-refractivity contribution in [2.24, 2.45) is 0 Å². The molecule has 1 fully saturated rings. The van der Waals surface area contributed by atoms with Gasteiger partial charge >= 0.3 is 0 Å². The maximum atomic E-state index is 3.48. The minimum Gasteiger partial charge on any atom is -0.314 e. The predicted octanol–water partition coefficient (Wildman–Crippen LogP) is 2.78. The van der Waals surface area contributed by atoms with Crippen molar-refractivity contribution in [2.45, 2.75) is 41.9 Å². The minimum atomic E-state index is 0.363. The zero-order chi connectivity index (χ0) is 13.3. The van der Waals surface area contributed by atoms with E-state index < -0.39 is 0 Å². The summed E-state index contributed by atoms with van der Waals surface area (Å²) in [7, 11) is 2.10. The van der Waals surface area contributed by atoms with Gasteiger partial charge in [0.25, 0.3) is 0 Å². The molecule has 1 aromatic carbocycles. The van der Waals surface area contributed by atoms with Crippen LogP contribution in [-0.4, -0.2) is 42.4 Å². The number of fused-ring (bicyclic) bond motifs is 1. The molecular weight excluding hydrogens is 252 g/mol.